The Morgan fingerprint density at radius 1 is 0.442 bits per heavy atom. The normalized spacial score (nSPS) is 12.5. The van der Waals surface area contributed by atoms with Crippen molar-refractivity contribution in [2.24, 2.45) is 0 Å². The third kappa shape index (κ3) is 31.4. The molecule has 1 aromatic carbocycles. The predicted octanol–water partition coefficient (Wildman–Crippen LogP) is 14.6. The van der Waals surface area contributed by atoms with Crippen LogP contribution >= 0.6 is 0 Å². The SMILES string of the molecule is CCCCCCCCCCCCCCCCCCOCC(COS(=O)(=O)c1ccc(C)cc1)OCCCCCCCCCCCCCCCCCC. The molecule has 0 heterocycles. The van der Waals surface area contributed by atoms with Crippen LogP contribution in [0.1, 0.15) is 225 Å². The van der Waals surface area contributed by atoms with Crippen LogP contribution in [0.2, 0.25) is 0 Å². The fourth-order valence-electron chi connectivity index (χ4n) is 6.95. The van der Waals surface area contributed by atoms with Gasteiger partial charge in [0.15, 0.2) is 0 Å². The molecule has 0 spiro atoms. The van der Waals surface area contributed by atoms with Crippen LogP contribution in [0.25, 0.3) is 0 Å². The summed E-state index contributed by atoms with van der Waals surface area (Å²) < 4.78 is 43.2. The molecule has 0 aromatic heterocycles. The van der Waals surface area contributed by atoms with Gasteiger partial charge in [-0.2, -0.15) is 8.42 Å². The van der Waals surface area contributed by atoms with Crippen molar-refractivity contribution in [2.45, 2.75) is 237 Å². The first-order valence-corrected chi connectivity index (χ1v) is 24.1. The van der Waals surface area contributed by atoms with Gasteiger partial charge in [-0.3, -0.25) is 4.18 Å². The molecule has 0 aliphatic heterocycles. The Bertz CT molecular complexity index is 963. The standard InChI is InChI=1S/C46H86O5S/c1-4-6-8-10-12-14-16-18-20-22-24-26-28-30-32-34-40-49-42-45(43-51-52(47,48)46-38-36-44(3)37-39-46)50-41-35-33-31-29-27-25-23-21-19-17-15-13-11-9-7-5-2/h36-39,45H,4-35,40-43H2,1-3H3. The van der Waals surface area contributed by atoms with Crippen LogP contribution in [0.3, 0.4) is 0 Å². The number of benzene rings is 1. The molecule has 0 saturated carbocycles. The summed E-state index contributed by atoms with van der Waals surface area (Å²) in [4.78, 5) is 0.184. The van der Waals surface area contributed by atoms with E-state index in [1.807, 2.05) is 6.92 Å². The quantitative estimate of drug-likeness (QED) is 0.0493. The highest BCUT2D eigenvalue weighted by Gasteiger charge is 2.19. The van der Waals surface area contributed by atoms with Crippen molar-refractivity contribution < 1.29 is 22.1 Å². The lowest BCUT2D eigenvalue weighted by Gasteiger charge is -2.18. The van der Waals surface area contributed by atoms with Crippen molar-refractivity contribution >= 4 is 10.1 Å². The molecule has 5 nitrogen and oxygen atoms in total. The summed E-state index contributed by atoms with van der Waals surface area (Å²) in [6.45, 7) is 8.15. The minimum absolute atomic E-state index is 0.0198. The van der Waals surface area contributed by atoms with Crippen molar-refractivity contribution in [3.8, 4) is 0 Å². The summed E-state index contributed by atoms with van der Waals surface area (Å²) in [6, 6.07) is 6.79. The van der Waals surface area contributed by atoms with E-state index < -0.39 is 16.2 Å². The second-order valence-electron chi connectivity index (χ2n) is 15.7. The second kappa shape index (κ2) is 37.0. The van der Waals surface area contributed by atoms with Gasteiger partial charge in [-0.05, 0) is 31.9 Å². The maximum absolute atomic E-state index is 12.8. The van der Waals surface area contributed by atoms with Crippen molar-refractivity contribution in [3.05, 3.63) is 29.8 Å². The number of hydrogen-bond donors (Lipinski definition) is 0. The van der Waals surface area contributed by atoms with E-state index in [0.29, 0.717) is 19.8 Å². The Balaban J connectivity index is 2.15. The zero-order valence-electron chi connectivity index (χ0n) is 34.8. The molecule has 1 aromatic rings. The predicted molar refractivity (Wildman–Crippen MR) is 224 cm³/mol. The lowest BCUT2D eigenvalue weighted by atomic mass is 10.0. The van der Waals surface area contributed by atoms with E-state index in [0.717, 1.165) is 24.8 Å². The van der Waals surface area contributed by atoms with Gasteiger partial charge >= 0.3 is 0 Å². The van der Waals surface area contributed by atoms with Gasteiger partial charge in [-0.15, -0.1) is 0 Å². The number of aryl methyl sites for hydroxylation is 1. The Labute approximate surface area is 324 Å². The third-order valence-electron chi connectivity index (χ3n) is 10.5. The third-order valence-corrected chi connectivity index (χ3v) is 11.8. The molecule has 52 heavy (non-hydrogen) atoms. The number of hydrogen-bond acceptors (Lipinski definition) is 5. The minimum atomic E-state index is -3.83. The highest BCUT2D eigenvalue weighted by Crippen LogP contribution is 2.17. The fourth-order valence-corrected chi connectivity index (χ4v) is 7.89. The van der Waals surface area contributed by atoms with E-state index >= 15 is 0 Å². The van der Waals surface area contributed by atoms with Gasteiger partial charge in [0.2, 0.25) is 0 Å². The smallest absolute Gasteiger partial charge is 0.297 e. The lowest BCUT2D eigenvalue weighted by molar-refractivity contribution is -0.0379. The molecule has 306 valence electrons. The van der Waals surface area contributed by atoms with Gasteiger partial charge in [-0.1, -0.05) is 224 Å². The molecule has 1 rings (SSSR count). The summed E-state index contributed by atoms with van der Waals surface area (Å²) in [7, 11) is -3.83. The average Bonchev–Trinajstić information content (AvgIpc) is 3.14. The van der Waals surface area contributed by atoms with Crippen LogP contribution in [0.15, 0.2) is 29.2 Å². The molecule has 1 atom stereocenters. The summed E-state index contributed by atoms with van der Waals surface area (Å²) >= 11 is 0. The Morgan fingerprint density at radius 3 is 1.13 bits per heavy atom. The van der Waals surface area contributed by atoms with Crippen molar-refractivity contribution in [3.63, 3.8) is 0 Å². The largest absolute Gasteiger partial charge is 0.379 e. The van der Waals surface area contributed by atoms with Crippen molar-refractivity contribution in [1.29, 1.82) is 0 Å². The molecule has 6 heteroatoms. The highest BCUT2D eigenvalue weighted by atomic mass is 32.2. The number of rotatable bonds is 41. The zero-order chi connectivity index (χ0) is 37.6. The first-order chi connectivity index (χ1) is 25.5. The molecule has 0 aliphatic carbocycles. The molecule has 0 N–H and O–H groups in total. The molecule has 0 radical (unpaired) electrons. The first kappa shape index (κ1) is 49.1. The van der Waals surface area contributed by atoms with Crippen LogP contribution in [-0.2, 0) is 23.8 Å². The maximum atomic E-state index is 12.8. The van der Waals surface area contributed by atoms with Gasteiger partial charge in [0, 0.05) is 13.2 Å². The van der Waals surface area contributed by atoms with Gasteiger partial charge in [0.05, 0.1) is 18.1 Å². The monoisotopic (exact) mass is 751 g/mol. The maximum Gasteiger partial charge on any atom is 0.297 e. The van der Waals surface area contributed by atoms with Crippen LogP contribution < -0.4 is 0 Å². The minimum Gasteiger partial charge on any atom is -0.379 e. The fraction of sp³-hybridized carbons (Fsp3) is 0.870. The van der Waals surface area contributed by atoms with E-state index in [2.05, 4.69) is 13.8 Å². The molecule has 0 amide bonds. The Morgan fingerprint density at radius 2 is 0.769 bits per heavy atom. The second-order valence-corrected chi connectivity index (χ2v) is 17.3. The molecule has 0 saturated heterocycles. The topological polar surface area (TPSA) is 61.8 Å². The van der Waals surface area contributed by atoms with Gasteiger partial charge in [0.1, 0.15) is 6.10 Å². The first-order valence-electron chi connectivity index (χ1n) is 22.6. The summed E-state index contributed by atoms with van der Waals surface area (Å²) in [5, 5.41) is 0. The summed E-state index contributed by atoms with van der Waals surface area (Å²) in [6.07, 6.45) is 42.6. The van der Waals surface area contributed by atoms with Gasteiger partial charge < -0.3 is 9.47 Å². The zero-order valence-corrected chi connectivity index (χ0v) is 35.6. The van der Waals surface area contributed by atoms with Crippen molar-refractivity contribution in [2.75, 3.05) is 26.4 Å². The number of ether oxygens (including phenoxy) is 2. The van der Waals surface area contributed by atoms with E-state index in [9.17, 15) is 8.42 Å². The van der Waals surface area contributed by atoms with Crippen LogP contribution in [0.4, 0.5) is 0 Å². The van der Waals surface area contributed by atoms with Crippen LogP contribution in [0.5, 0.6) is 0 Å². The summed E-state index contributed by atoms with van der Waals surface area (Å²) in [5.74, 6) is 0. The highest BCUT2D eigenvalue weighted by molar-refractivity contribution is 7.86. The van der Waals surface area contributed by atoms with E-state index in [-0.39, 0.29) is 11.5 Å². The molecular formula is C46H86O5S. The van der Waals surface area contributed by atoms with Gasteiger partial charge in [-0.25, -0.2) is 0 Å². The van der Waals surface area contributed by atoms with E-state index in [4.69, 9.17) is 13.7 Å². The molecule has 0 fully saturated rings. The van der Waals surface area contributed by atoms with Crippen molar-refractivity contribution in [1.82, 2.24) is 0 Å². The van der Waals surface area contributed by atoms with Crippen LogP contribution in [0, 0.1) is 6.92 Å². The summed E-state index contributed by atoms with van der Waals surface area (Å²) in [5.41, 5.74) is 1.02. The van der Waals surface area contributed by atoms with E-state index in [1.54, 1.807) is 24.3 Å². The molecule has 1 unspecified atom stereocenters. The average molecular weight is 751 g/mol. The Hall–Kier alpha value is -0.950. The van der Waals surface area contributed by atoms with Crippen LogP contribution in [-0.4, -0.2) is 40.9 Å². The lowest BCUT2D eigenvalue weighted by Crippen LogP contribution is -2.28. The van der Waals surface area contributed by atoms with E-state index in [1.165, 1.54) is 186 Å². The van der Waals surface area contributed by atoms with Gasteiger partial charge in [0.25, 0.3) is 10.1 Å². The molecule has 0 aliphatic rings. The molecule has 0 bridgehead atoms. The Kier molecular flexibility index (Phi) is 34.9. The number of unbranched alkanes of at least 4 members (excludes halogenated alkanes) is 30. The molecular weight excluding hydrogens is 665 g/mol.